The maximum atomic E-state index is 10.7. The molecule has 1 aromatic heterocycles. The molecule has 2 heterocycles. The fraction of sp³-hybridized carbons (Fsp3) is 0.375. The Morgan fingerprint density at radius 2 is 2.36 bits per heavy atom. The minimum atomic E-state index is -0.952. The van der Waals surface area contributed by atoms with Gasteiger partial charge in [0.05, 0.1) is 6.54 Å². The van der Waals surface area contributed by atoms with Crippen LogP contribution in [0, 0.1) is 0 Å². The maximum absolute atomic E-state index is 10.7. The summed E-state index contributed by atoms with van der Waals surface area (Å²) in [6.45, 7) is 1.25. The van der Waals surface area contributed by atoms with Gasteiger partial charge in [-0.3, -0.25) is 9.69 Å². The van der Waals surface area contributed by atoms with E-state index in [2.05, 4.69) is 4.98 Å². The highest BCUT2D eigenvalue weighted by atomic mass is 16.4. The largest absolute Gasteiger partial charge is 0.465 e. The molecule has 0 aromatic carbocycles. The monoisotopic (exact) mass is 195 g/mol. The van der Waals surface area contributed by atoms with E-state index in [-0.39, 0.29) is 6.54 Å². The molecule has 1 amide bonds. The Morgan fingerprint density at radius 3 is 3.00 bits per heavy atom. The molecule has 0 saturated heterocycles. The minimum absolute atomic E-state index is 0.253. The molecule has 2 rings (SSSR count). The third kappa shape index (κ3) is 1.34. The molecule has 1 aliphatic heterocycles. The number of carboxylic acid groups (broad SMARTS) is 1. The Morgan fingerprint density at radius 1 is 1.57 bits per heavy atom. The predicted molar refractivity (Wildman–Crippen MR) is 46.0 cm³/mol. The van der Waals surface area contributed by atoms with Crippen molar-refractivity contribution >= 4 is 12.4 Å². The molecule has 74 valence electrons. The number of rotatable bonds is 1. The zero-order valence-corrected chi connectivity index (χ0v) is 7.38. The first-order chi connectivity index (χ1) is 6.70. The van der Waals surface area contributed by atoms with Gasteiger partial charge < -0.3 is 9.67 Å². The van der Waals surface area contributed by atoms with E-state index in [4.69, 9.17) is 5.11 Å². The number of carbonyl (C=O) groups is 2. The van der Waals surface area contributed by atoms with Crippen molar-refractivity contribution in [2.75, 3.05) is 6.54 Å². The molecule has 6 heteroatoms. The van der Waals surface area contributed by atoms with Gasteiger partial charge in [-0.2, -0.15) is 0 Å². The highest BCUT2D eigenvalue weighted by Crippen LogP contribution is 2.11. The molecule has 0 aliphatic carbocycles. The Kier molecular flexibility index (Phi) is 1.95. The van der Waals surface area contributed by atoms with E-state index in [0.29, 0.717) is 30.9 Å². The van der Waals surface area contributed by atoms with Crippen LogP contribution < -0.4 is 0 Å². The summed E-state index contributed by atoms with van der Waals surface area (Å²) in [7, 11) is 0. The number of imidazole rings is 1. The number of nitrogens with zero attached hydrogens (tertiary/aromatic N) is 3. The summed E-state index contributed by atoms with van der Waals surface area (Å²) >= 11 is 0. The quantitative estimate of drug-likeness (QED) is 0.649. The number of amides is 1. The number of fused-ring (bicyclic) bond motifs is 1. The van der Waals surface area contributed by atoms with E-state index >= 15 is 0 Å². The van der Waals surface area contributed by atoms with Crippen LogP contribution in [0.5, 0.6) is 0 Å². The van der Waals surface area contributed by atoms with Crippen molar-refractivity contribution in [1.82, 2.24) is 14.5 Å². The van der Waals surface area contributed by atoms with E-state index < -0.39 is 6.09 Å². The summed E-state index contributed by atoms with van der Waals surface area (Å²) in [6, 6.07) is 0. The SMILES string of the molecule is O=Cc1cn2c(n1)CN(C(=O)O)CC2. The molecule has 0 radical (unpaired) electrons. The number of aldehydes is 1. The zero-order chi connectivity index (χ0) is 10.1. The molecule has 0 atom stereocenters. The van der Waals surface area contributed by atoms with Gasteiger partial charge in [0.1, 0.15) is 11.5 Å². The lowest BCUT2D eigenvalue weighted by atomic mass is 10.4. The highest BCUT2D eigenvalue weighted by molar-refractivity contribution is 5.71. The van der Waals surface area contributed by atoms with Crippen LogP contribution in [0.2, 0.25) is 0 Å². The van der Waals surface area contributed by atoms with Crippen molar-refractivity contribution in [2.24, 2.45) is 0 Å². The van der Waals surface area contributed by atoms with Crippen LogP contribution in [0.25, 0.3) is 0 Å². The Labute approximate surface area is 79.8 Å². The molecule has 6 nitrogen and oxygen atoms in total. The number of carbonyl (C=O) groups excluding carboxylic acids is 1. The van der Waals surface area contributed by atoms with Gasteiger partial charge in [-0.15, -0.1) is 0 Å². The first kappa shape index (κ1) is 8.74. The lowest BCUT2D eigenvalue weighted by molar-refractivity contribution is 0.111. The van der Waals surface area contributed by atoms with Gasteiger partial charge in [0.15, 0.2) is 6.29 Å². The number of hydrogen-bond acceptors (Lipinski definition) is 3. The van der Waals surface area contributed by atoms with Crippen LogP contribution in [0.1, 0.15) is 16.3 Å². The van der Waals surface area contributed by atoms with E-state index in [1.807, 2.05) is 4.57 Å². The van der Waals surface area contributed by atoms with Gasteiger partial charge in [-0.1, -0.05) is 0 Å². The molecule has 0 spiro atoms. The standard InChI is InChI=1S/C8H9N3O3/c12-5-6-3-10-1-2-11(8(13)14)4-7(10)9-6/h3,5H,1-2,4H2,(H,13,14). The van der Waals surface area contributed by atoms with Crippen molar-refractivity contribution in [3.63, 3.8) is 0 Å². The van der Waals surface area contributed by atoms with Crippen molar-refractivity contribution in [3.8, 4) is 0 Å². The van der Waals surface area contributed by atoms with Gasteiger partial charge in [-0.05, 0) is 0 Å². The molecule has 0 saturated carbocycles. The van der Waals surface area contributed by atoms with Crippen molar-refractivity contribution in [1.29, 1.82) is 0 Å². The summed E-state index contributed by atoms with van der Waals surface area (Å²) in [5.74, 6) is 0.626. The van der Waals surface area contributed by atoms with E-state index in [0.717, 1.165) is 0 Å². The van der Waals surface area contributed by atoms with E-state index in [1.165, 1.54) is 4.90 Å². The van der Waals surface area contributed by atoms with Crippen LogP contribution in [-0.2, 0) is 13.1 Å². The van der Waals surface area contributed by atoms with E-state index in [1.54, 1.807) is 6.20 Å². The fourth-order valence-corrected chi connectivity index (χ4v) is 1.49. The maximum Gasteiger partial charge on any atom is 0.407 e. The Bertz CT molecular complexity index is 385. The fourth-order valence-electron chi connectivity index (χ4n) is 1.49. The molecule has 0 unspecified atom stereocenters. The van der Waals surface area contributed by atoms with Crippen molar-refractivity contribution in [3.05, 3.63) is 17.7 Å². The lowest BCUT2D eigenvalue weighted by Crippen LogP contribution is -2.37. The molecule has 1 aromatic rings. The first-order valence-electron chi connectivity index (χ1n) is 4.20. The van der Waals surface area contributed by atoms with Gasteiger partial charge in [0.25, 0.3) is 0 Å². The summed E-state index contributed by atoms with van der Waals surface area (Å²) < 4.78 is 1.81. The van der Waals surface area contributed by atoms with Crippen LogP contribution in [0.15, 0.2) is 6.20 Å². The van der Waals surface area contributed by atoms with E-state index in [9.17, 15) is 9.59 Å². The Hall–Kier alpha value is -1.85. The molecule has 1 aliphatic rings. The summed E-state index contributed by atoms with van der Waals surface area (Å²) in [4.78, 5) is 26.4. The van der Waals surface area contributed by atoms with Gasteiger partial charge in [-0.25, -0.2) is 9.78 Å². The van der Waals surface area contributed by atoms with Crippen molar-refractivity contribution in [2.45, 2.75) is 13.1 Å². The first-order valence-corrected chi connectivity index (χ1v) is 4.20. The lowest BCUT2D eigenvalue weighted by Gasteiger charge is -2.24. The minimum Gasteiger partial charge on any atom is -0.465 e. The van der Waals surface area contributed by atoms with Gasteiger partial charge >= 0.3 is 6.09 Å². The average Bonchev–Trinajstić information content (AvgIpc) is 2.58. The van der Waals surface area contributed by atoms with Crippen LogP contribution in [0.4, 0.5) is 4.79 Å². The summed E-state index contributed by atoms with van der Waals surface area (Å²) in [5, 5.41) is 8.75. The molecule has 14 heavy (non-hydrogen) atoms. The van der Waals surface area contributed by atoms with Crippen LogP contribution >= 0.6 is 0 Å². The summed E-state index contributed by atoms with van der Waals surface area (Å²) in [5.41, 5.74) is 0.354. The van der Waals surface area contributed by atoms with Gasteiger partial charge in [0, 0.05) is 19.3 Å². The molecule has 0 fully saturated rings. The number of hydrogen-bond donors (Lipinski definition) is 1. The van der Waals surface area contributed by atoms with Crippen molar-refractivity contribution < 1.29 is 14.7 Å². The topological polar surface area (TPSA) is 75.4 Å². The molecular formula is C8H9N3O3. The normalized spacial score (nSPS) is 15.0. The van der Waals surface area contributed by atoms with Crippen LogP contribution in [0.3, 0.4) is 0 Å². The second-order valence-electron chi connectivity index (χ2n) is 3.10. The number of aromatic nitrogens is 2. The summed E-state index contributed by atoms with van der Waals surface area (Å²) in [6.07, 6.45) is 1.35. The third-order valence-electron chi connectivity index (χ3n) is 2.21. The smallest absolute Gasteiger partial charge is 0.407 e. The Balaban J connectivity index is 2.25. The second kappa shape index (κ2) is 3.13. The van der Waals surface area contributed by atoms with Crippen LogP contribution in [-0.4, -0.2) is 38.5 Å². The molecular weight excluding hydrogens is 186 g/mol. The average molecular weight is 195 g/mol. The zero-order valence-electron chi connectivity index (χ0n) is 7.38. The third-order valence-corrected chi connectivity index (χ3v) is 2.21. The highest BCUT2D eigenvalue weighted by Gasteiger charge is 2.21. The second-order valence-corrected chi connectivity index (χ2v) is 3.10. The molecule has 0 bridgehead atoms. The predicted octanol–water partition coefficient (Wildman–Crippen LogP) is 0.189. The van der Waals surface area contributed by atoms with Gasteiger partial charge in [0.2, 0.25) is 0 Å². The molecule has 1 N–H and O–H groups in total.